The van der Waals surface area contributed by atoms with E-state index in [2.05, 4.69) is 77.5 Å². The highest BCUT2D eigenvalue weighted by molar-refractivity contribution is 7.09. The van der Waals surface area contributed by atoms with Crippen LogP contribution in [0.5, 0.6) is 0 Å². The van der Waals surface area contributed by atoms with Crippen molar-refractivity contribution in [1.29, 1.82) is 0 Å². The van der Waals surface area contributed by atoms with Crippen molar-refractivity contribution < 1.29 is 0 Å². The minimum Gasteiger partial charge on any atom is -0.370 e. The lowest BCUT2D eigenvalue weighted by atomic mass is 9.98. The molecule has 0 saturated carbocycles. The Morgan fingerprint density at radius 3 is 2.50 bits per heavy atom. The zero-order chi connectivity index (χ0) is 23.2. The number of rotatable bonds is 11. The standard InChI is InChI=1S/C18H23N3S.C9H21N/c1-13-8-10-21(11-9-13)18-7-5-4-6-16(18)19-14(2)17-12-22-15(3)20-17;1-3-5-6-7-9-10-8-4-2/h4-7,12-13,19H,2,8-11H2,1,3H3;10H,3-9H2,1-2H3. The van der Waals surface area contributed by atoms with Gasteiger partial charge in [0.2, 0.25) is 0 Å². The van der Waals surface area contributed by atoms with Crippen LogP contribution in [-0.4, -0.2) is 31.2 Å². The molecular formula is C27H44N4S. The lowest BCUT2D eigenvalue weighted by Crippen LogP contribution is -2.33. The summed E-state index contributed by atoms with van der Waals surface area (Å²) in [4.78, 5) is 6.98. The number of aromatic nitrogens is 1. The van der Waals surface area contributed by atoms with Crippen LogP contribution >= 0.6 is 11.3 Å². The molecule has 0 unspecified atom stereocenters. The van der Waals surface area contributed by atoms with E-state index in [-0.39, 0.29) is 0 Å². The Morgan fingerprint density at radius 2 is 1.84 bits per heavy atom. The molecule has 178 valence electrons. The first-order valence-electron chi connectivity index (χ1n) is 12.5. The fourth-order valence-electron chi connectivity index (χ4n) is 3.81. The largest absolute Gasteiger partial charge is 0.370 e. The number of hydrogen-bond acceptors (Lipinski definition) is 5. The van der Waals surface area contributed by atoms with Crippen LogP contribution in [0, 0.1) is 12.8 Å². The van der Waals surface area contributed by atoms with Gasteiger partial charge in [-0.2, -0.15) is 0 Å². The van der Waals surface area contributed by atoms with Crippen molar-refractivity contribution in [2.45, 2.75) is 72.6 Å². The van der Waals surface area contributed by atoms with Crippen LogP contribution in [0.15, 0.2) is 36.2 Å². The number of hydrogen-bond donors (Lipinski definition) is 2. The third-order valence-corrected chi connectivity index (χ3v) is 6.65. The zero-order valence-electron chi connectivity index (χ0n) is 20.8. The molecule has 2 N–H and O–H groups in total. The summed E-state index contributed by atoms with van der Waals surface area (Å²) in [5.41, 5.74) is 4.18. The molecule has 1 aromatic carbocycles. The van der Waals surface area contributed by atoms with E-state index in [1.54, 1.807) is 11.3 Å². The number of thiazole rings is 1. The molecule has 2 heterocycles. The first-order chi connectivity index (χ1) is 15.5. The normalized spacial score (nSPS) is 14.1. The zero-order valence-corrected chi connectivity index (χ0v) is 21.6. The van der Waals surface area contributed by atoms with Crippen LogP contribution in [0.1, 0.15) is 76.4 Å². The van der Waals surface area contributed by atoms with Gasteiger partial charge in [0.1, 0.15) is 0 Å². The predicted molar refractivity (Wildman–Crippen MR) is 144 cm³/mol. The van der Waals surface area contributed by atoms with Crippen LogP contribution < -0.4 is 15.5 Å². The molecule has 0 amide bonds. The molecule has 1 saturated heterocycles. The summed E-state index contributed by atoms with van der Waals surface area (Å²) in [5.74, 6) is 0.837. The van der Waals surface area contributed by atoms with Gasteiger partial charge in [-0.15, -0.1) is 11.3 Å². The number of anilines is 2. The van der Waals surface area contributed by atoms with Gasteiger partial charge >= 0.3 is 0 Å². The first kappa shape index (κ1) is 26.4. The third-order valence-electron chi connectivity index (χ3n) is 5.88. The lowest BCUT2D eigenvalue weighted by Gasteiger charge is -2.33. The highest BCUT2D eigenvalue weighted by atomic mass is 32.1. The van der Waals surface area contributed by atoms with E-state index in [0.29, 0.717) is 0 Å². The smallest absolute Gasteiger partial charge is 0.0970 e. The molecule has 4 nitrogen and oxygen atoms in total. The molecule has 0 atom stereocenters. The van der Waals surface area contributed by atoms with E-state index in [0.717, 1.165) is 41.1 Å². The van der Waals surface area contributed by atoms with E-state index in [1.165, 1.54) is 63.7 Å². The Kier molecular flexibility index (Phi) is 12.4. The van der Waals surface area contributed by atoms with Crippen LogP contribution in [0.3, 0.4) is 0 Å². The van der Waals surface area contributed by atoms with E-state index in [4.69, 9.17) is 0 Å². The minimum atomic E-state index is 0.837. The average Bonchev–Trinajstić information content (AvgIpc) is 3.24. The highest BCUT2D eigenvalue weighted by Gasteiger charge is 2.18. The number of aryl methyl sites for hydroxylation is 1. The Bertz CT molecular complexity index is 769. The van der Waals surface area contributed by atoms with Gasteiger partial charge in [-0.25, -0.2) is 4.98 Å². The molecule has 5 heteroatoms. The summed E-state index contributed by atoms with van der Waals surface area (Å²) in [7, 11) is 0. The second kappa shape index (κ2) is 15.1. The van der Waals surface area contributed by atoms with Crippen molar-refractivity contribution in [3.05, 3.63) is 46.9 Å². The number of benzene rings is 1. The molecule has 0 aliphatic carbocycles. The molecule has 0 bridgehead atoms. The number of nitrogens with one attached hydrogen (secondary N) is 2. The summed E-state index contributed by atoms with van der Waals surface area (Å²) >= 11 is 1.65. The maximum atomic E-state index is 4.50. The Balaban J connectivity index is 0.000000309. The fourth-order valence-corrected chi connectivity index (χ4v) is 4.44. The molecular weight excluding hydrogens is 412 g/mol. The van der Waals surface area contributed by atoms with E-state index in [1.807, 2.05) is 6.92 Å². The summed E-state index contributed by atoms with van der Waals surface area (Å²) in [6.45, 7) is 17.6. The maximum absolute atomic E-state index is 4.50. The number of nitrogens with zero attached hydrogens (tertiary/aromatic N) is 2. The Labute approximate surface area is 200 Å². The van der Waals surface area contributed by atoms with Crippen molar-refractivity contribution >= 4 is 28.4 Å². The second-order valence-corrected chi connectivity index (χ2v) is 9.91. The van der Waals surface area contributed by atoms with Crippen LogP contribution in [0.2, 0.25) is 0 Å². The molecule has 1 fully saturated rings. The SMILES string of the molecule is C=C(Nc1ccccc1N1CCC(C)CC1)c1csc(C)n1.CCCCCCNCCC. The monoisotopic (exact) mass is 456 g/mol. The van der Waals surface area contributed by atoms with E-state index < -0.39 is 0 Å². The molecule has 3 rings (SSSR count). The molecule has 1 aliphatic heterocycles. The second-order valence-electron chi connectivity index (χ2n) is 8.85. The Hall–Kier alpha value is -1.85. The minimum absolute atomic E-state index is 0.837. The van der Waals surface area contributed by atoms with Crippen LogP contribution in [0.25, 0.3) is 5.70 Å². The predicted octanol–water partition coefficient (Wildman–Crippen LogP) is 7.34. The average molecular weight is 457 g/mol. The number of unbranched alkanes of at least 4 members (excludes halogenated alkanes) is 3. The van der Waals surface area contributed by atoms with Crippen LogP contribution in [0.4, 0.5) is 11.4 Å². The Morgan fingerprint density at radius 1 is 1.09 bits per heavy atom. The van der Waals surface area contributed by atoms with Gasteiger partial charge in [-0.1, -0.05) is 58.7 Å². The molecule has 32 heavy (non-hydrogen) atoms. The van der Waals surface area contributed by atoms with Gasteiger partial charge in [-0.05, 0) is 63.7 Å². The van der Waals surface area contributed by atoms with E-state index >= 15 is 0 Å². The molecule has 1 aliphatic rings. The van der Waals surface area contributed by atoms with Gasteiger partial charge in [0, 0.05) is 18.5 Å². The molecule has 1 aromatic heterocycles. The summed E-state index contributed by atoms with van der Waals surface area (Å²) in [6.07, 6.45) is 9.28. The van der Waals surface area contributed by atoms with Crippen molar-refractivity contribution in [3.63, 3.8) is 0 Å². The topological polar surface area (TPSA) is 40.2 Å². The van der Waals surface area contributed by atoms with Gasteiger partial charge < -0.3 is 15.5 Å². The summed E-state index contributed by atoms with van der Waals surface area (Å²) in [6, 6.07) is 8.49. The quantitative estimate of drug-likeness (QED) is 0.347. The van der Waals surface area contributed by atoms with Gasteiger partial charge in [0.25, 0.3) is 0 Å². The first-order valence-corrected chi connectivity index (χ1v) is 13.4. The fraction of sp³-hybridized carbons (Fsp3) is 0.593. The van der Waals surface area contributed by atoms with Crippen molar-refractivity contribution in [2.24, 2.45) is 5.92 Å². The van der Waals surface area contributed by atoms with Gasteiger partial charge in [-0.3, -0.25) is 0 Å². The summed E-state index contributed by atoms with van der Waals surface area (Å²) in [5, 5.41) is 9.97. The number of para-hydroxylation sites is 2. The van der Waals surface area contributed by atoms with Crippen molar-refractivity contribution in [1.82, 2.24) is 10.3 Å². The van der Waals surface area contributed by atoms with Gasteiger partial charge in [0.15, 0.2) is 0 Å². The van der Waals surface area contributed by atoms with E-state index in [9.17, 15) is 0 Å². The third kappa shape index (κ3) is 9.33. The van der Waals surface area contributed by atoms with Crippen molar-refractivity contribution in [3.8, 4) is 0 Å². The molecule has 2 aromatic rings. The maximum Gasteiger partial charge on any atom is 0.0970 e. The molecule has 0 spiro atoms. The highest BCUT2D eigenvalue weighted by Crippen LogP contribution is 2.31. The summed E-state index contributed by atoms with van der Waals surface area (Å²) < 4.78 is 0. The number of piperidine rings is 1. The van der Waals surface area contributed by atoms with Crippen LogP contribution in [-0.2, 0) is 0 Å². The molecule has 0 radical (unpaired) electrons. The van der Waals surface area contributed by atoms with Gasteiger partial charge in [0.05, 0.1) is 27.8 Å². The lowest BCUT2D eigenvalue weighted by molar-refractivity contribution is 0.438. The van der Waals surface area contributed by atoms with Crippen molar-refractivity contribution in [2.75, 3.05) is 36.4 Å².